The summed E-state index contributed by atoms with van der Waals surface area (Å²) < 4.78 is 10.9. The van der Waals surface area contributed by atoms with E-state index in [2.05, 4.69) is 6.07 Å². The summed E-state index contributed by atoms with van der Waals surface area (Å²) in [5, 5.41) is 0. The molecule has 0 amide bonds. The molecule has 0 bridgehead atoms. The zero-order valence-corrected chi connectivity index (χ0v) is 9.90. The first-order valence-electron chi connectivity index (χ1n) is 5.80. The Morgan fingerprint density at radius 2 is 2.25 bits per heavy atom. The summed E-state index contributed by atoms with van der Waals surface area (Å²) in [6, 6.07) is 6.10. The molecule has 0 fully saturated rings. The molecule has 0 radical (unpaired) electrons. The summed E-state index contributed by atoms with van der Waals surface area (Å²) in [7, 11) is 1.68. The molecular formula is C13H19NO2. The highest BCUT2D eigenvalue weighted by atomic mass is 16.5. The topological polar surface area (TPSA) is 44.5 Å². The zero-order chi connectivity index (χ0) is 11.5. The Hall–Kier alpha value is -1.06. The van der Waals surface area contributed by atoms with Gasteiger partial charge in [0.05, 0.1) is 19.3 Å². The van der Waals surface area contributed by atoms with Crippen molar-refractivity contribution < 1.29 is 9.47 Å². The molecular weight excluding hydrogens is 202 g/mol. The molecule has 1 aromatic carbocycles. The van der Waals surface area contributed by atoms with Crippen LogP contribution in [0.3, 0.4) is 0 Å². The molecule has 3 nitrogen and oxygen atoms in total. The van der Waals surface area contributed by atoms with E-state index in [4.69, 9.17) is 15.2 Å². The minimum atomic E-state index is -0.0289. The molecule has 1 aliphatic carbocycles. The van der Waals surface area contributed by atoms with E-state index >= 15 is 0 Å². The fourth-order valence-corrected chi connectivity index (χ4v) is 2.32. The van der Waals surface area contributed by atoms with Crippen LogP contribution in [0.4, 0.5) is 0 Å². The van der Waals surface area contributed by atoms with E-state index in [1.165, 1.54) is 11.1 Å². The van der Waals surface area contributed by atoms with Gasteiger partial charge in [-0.3, -0.25) is 0 Å². The van der Waals surface area contributed by atoms with Gasteiger partial charge in [0.15, 0.2) is 0 Å². The maximum atomic E-state index is 6.22. The highest BCUT2D eigenvalue weighted by molar-refractivity contribution is 5.39. The van der Waals surface area contributed by atoms with Gasteiger partial charge in [0.2, 0.25) is 0 Å². The number of hydrogen-bond donors (Lipinski definition) is 1. The average Bonchev–Trinajstić information content (AvgIpc) is 2.33. The van der Waals surface area contributed by atoms with Crippen LogP contribution in [0.5, 0.6) is 5.75 Å². The number of benzene rings is 1. The van der Waals surface area contributed by atoms with Crippen molar-refractivity contribution in [1.82, 2.24) is 0 Å². The molecule has 0 aromatic heterocycles. The van der Waals surface area contributed by atoms with Crippen molar-refractivity contribution >= 4 is 0 Å². The number of aryl methyl sites for hydroxylation is 1. The van der Waals surface area contributed by atoms with Crippen LogP contribution >= 0.6 is 0 Å². The van der Waals surface area contributed by atoms with Gasteiger partial charge in [0.25, 0.3) is 0 Å². The van der Waals surface area contributed by atoms with Gasteiger partial charge in [-0.2, -0.15) is 0 Å². The van der Waals surface area contributed by atoms with Crippen LogP contribution in [0.1, 0.15) is 30.5 Å². The van der Waals surface area contributed by atoms with Crippen LogP contribution in [0.2, 0.25) is 0 Å². The highest BCUT2D eigenvalue weighted by Crippen LogP contribution is 2.32. The minimum Gasteiger partial charge on any atom is -0.497 e. The first kappa shape index (κ1) is 11.4. The number of hydrogen-bond acceptors (Lipinski definition) is 3. The normalized spacial score (nSPS) is 23.9. The van der Waals surface area contributed by atoms with Crippen LogP contribution in [0.15, 0.2) is 18.2 Å². The molecule has 2 N–H and O–H groups in total. The highest BCUT2D eigenvalue weighted by Gasteiger charge is 2.27. The second-order valence-electron chi connectivity index (χ2n) is 4.12. The van der Waals surface area contributed by atoms with Gasteiger partial charge < -0.3 is 15.2 Å². The summed E-state index contributed by atoms with van der Waals surface area (Å²) in [6.07, 6.45) is 2.19. The predicted molar refractivity (Wildman–Crippen MR) is 63.7 cm³/mol. The van der Waals surface area contributed by atoms with Crippen molar-refractivity contribution in [2.75, 3.05) is 13.7 Å². The maximum absolute atomic E-state index is 6.22. The Morgan fingerprint density at radius 3 is 2.94 bits per heavy atom. The predicted octanol–water partition coefficient (Wildman–Crippen LogP) is 2.05. The smallest absolute Gasteiger partial charge is 0.119 e. The third-order valence-electron chi connectivity index (χ3n) is 3.19. The largest absolute Gasteiger partial charge is 0.497 e. The van der Waals surface area contributed by atoms with Gasteiger partial charge in [-0.05, 0) is 43.0 Å². The Labute approximate surface area is 96.5 Å². The van der Waals surface area contributed by atoms with E-state index in [1.807, 2.05) is 19.1 Å². The lowest BCUT2D eigenvalue weighted by atomic mass is 9.86. The van der Waals surface area contributed by atoms with Gasteiger partial charge in [-0.15, -0.1) is 0 Å². The monoisotopic (exact) mass is 221 g/mol. The van der Waals surface area contributed by atoms with E-state index in [-0.39, 0.29) is 12.1 Å². The zero-order valence-electron chi connectivity index (χ0n) is 9.90. The maximum Gasteiger partial charge on any atom is 0.119 e. The molecule has 0 spiro atoms. The molecule has 0 saturated carbocycles. The lowest BCUT2D eigenvalue weighted by Gasteiger charge is -2.31. The van der Waals surface area contributed by atoms with Crippen LogP contribution in [0.25, 0.3) is 0 Å². The number of rotatable bonds is 3. The molecule has 0 aliphatic heterocycles. The van der Waals surface area contributed by atoms with Crippen molar-refractivity contribution in [3.8, 4) is 5.75 Å². The van der Waals surface area contributed by atoms with E-state index in [9.17, 15) is 0 Å². The Kier molecular flexibility index (Phi) is 3.46. The van der Waals surface area contributed by atoms with Crippen molar-refractivity contribution in [2.45, 2.75) is 31.9 Å². The quantitative estimate of drug-likeness (QED) is 0.849. The number of ether oxygens (including phenoxy) is 2. The summed E-state index contributed by atoms with van der Waals surface area (Å²) in [5.41, 5.74) is 8.71. The van der Waals surface area contributed by atoms with E-state index < -0.39 is 0 Å². The summed E-state index contributed by atoms with van der Waals surface area (Å²) in [5.74, 6) is 0.867. The third kappa shape index (κ3) is 2.06. The van der Waals surface area contributed by atoms with Crippen LogP contribution in [0, 0.1) is 0 Å². The fraction of sp³-hybridized carbons (Fsp3) is 0.538. The van der Waals surface area contributed by atoms with Gasteiger partial charge in [0.1, 0.15) is 5.75 Å². The summed E-state index contributed by atoms with van der Waals surface area (Å²) in [4.78, 5) is 0. The molecule has 2 unspecified atom stereocenters. The average molecular weight is 221 g/mol. The first-order chi connectivity index (χ1) is 7.76. The standard InChI is InChI=1S/C13H19NO2/c1-3-16-12-7-5-9-4-6-10(15-2)8-11(9)13(12)14/h4,6,8,12-13H,3,5,7,14H2,1-2H3. The SMILES string of the molecule is CCOC1CCc2ccc(OC)cc2C1N. The van der Waals surface area contributed by atoms with Crippen molar-refractivity contribution in [3.05, 3.63) is 29.3 Å². The minimum absolute atomic E-state index is 0.0289. The second kappa shape index (κ2) is 4.85. The molecule has 88 valence electrons. The van der Waals surface area contributed by atoms with Gasteiger partial charge >= 0.3 is 0 Å². The number of fused-ring (bicyclic) bond motifs is 1. The van der Waals surface area contributed by atoms with E-state index in [0.717, 1.165) is 25.2 Å². The molecule has 2 atom stereocenters. The van der Waals surface area contributed by atoms with Crippen LogP contribution in [-0.4, -0.2) is 19.8 Å². The van der Waals surface area contributed by atoms with Gasteiger partial charge in [-0.1, -0.05) is 6.07 Å². The van der Waals surface area contributed by atoms with E-state index in [0.29, 0.717) is 0 Å². The van der Waals surface area contributed by atoms with Gasteiger partial charge in [0, 0.05) is 6.61 Å². The Bertz CT molecular complexity index is 365. The summed E-state index contributed by atoms with van der Waals surface area (Å²) in [6.45, 7) is 2.73. The van der Waals surface area contributed by atoms with Crippen molar-refractivity contribution in [1.29, 1.82) is 0 Å². The van der Waals surface area contributed by atoms with Crippen molar-refractivity contribution in [3.63, 3.8) is 0 Å². The molecule has 1 aliphatic rings. The second-order valence-corrected chi connectivity index (χ2v) is 4.12. The summed E-state index contributed by atoms with van der Waals surface area (Å²) >= 11 is 0. The molecule has 2 rings (SSSR count). The molecule has 16 heavy (non-hydrogen) atoms. The van der Waals surface area contributed by atoms with Crippen molar-refractivity contribution in [2.24, 2.45) is 5.73 Å². The third-order valence-corrected chi connectivity index (χ3v) is 3.19. The molecule has 1 aromatic rings. The molecule has 0 saturated heterocycles. The first-order valence-corrected chi connectivity index (χ1v) is 5.80. The number of methoxy groups -OCH3 is 1. The molecule has 3 heteroatoms. The Morgan fingerprint density at radius 1 is 1.44 bits per heavy atom. The lowest BCUT2D eigenvalue weighted by molar-refractivity contribution is 0.0334. The lowest BCUT2D eigenvalue weighted by Crippen LogP contribution is -2.33. The fourth-order valence-electron chi connectivity index (χ4n) is 2.32. The van der Waals surface area contributed by atoms with Crippen LogP contribution < -0.4 is 10.5 Å². The molecule has 0 heterocycles. The van der Waals surface area contributed by atoms with Crippen LogP contribution in [-0.2, 0) is 11.2 Å². The van der Waals surface area contributed by atoms with Gasteiger partial charge in [-0.25, -0.2) is 0 Å². The van der Waals surface area contributed by atoms with E-state index in [1.54, 1.807) is 7.11 Å². The Balaban J connectivity index is 2.27. The number of nitrogens with two attached hydrogens (primary N) is 1.